The number of fused-ring (bicyclic) bond motifs is 2. The summed E-state index contributed by atoms with van der Waals surface area (Å²) in [5.41, 5.74) is 4.32. The summed E-state index contributed by atoms with van der Waals surface area (Å²) >= 11 is 6.05. The van der Waals surface area contributed by atoms with Gasteiger partial charge in [0.2, 0.25) is 5.91 Å². The number of aryl methyl sites for hydroxylation is 2. The number of amides is 1. The molecule has 5 rings (SSSR count). The minimum Gasteiger partial charge on any atom is -0.480 e. The molecule has 1 atom stereocenters. The maximum Gasteiger partial charge on any atom is 0.340 e. The molecule has 0 spiro atoms. The molecule has 3 aromatic carbocycles. The van der Waals surface area contributed by atoms with E-state index in [1.807, 2.05) is 31.2 Å². The van der Waals surface area contributed by atoms with Gasteiger partial charge in [-0.25, -0.2) is 9.59 Å². The number of carboxylic acids is 1. The van der Waals surface area contributed by atoms with Gasteiger partial charge in [-0.3, -0.25) is 4.79 Å². The van der Waals surface area contributed by atoms with E-state index in [-0.39, 0.29) is 18.4 Å². The summed E-state index contributed by atoms with van der Waals surface area (Å²) in [4.78, 5) is 37.6. The van der Waals surface area contributed by atoms with Gasteiger partial charge in [-0.2, -0.15) is 0 Å². The number of aliphatic carboxylic acids is 1. The van der Waals surface area contributed by atoms with Crippen molar-refractivity contribution in [3.8, 4) is 11.1 Å². The van der Waals surface area contributed by atoms with E-state index in [2.05, 4.69) is 5.32 Å². The maximum absolute atomic E-state index is 12.9. The molecule has 1 amide bonds. The SMILES string of the molecule is Cc1c(CC(=O)N[C@@H](Cc2ccccc2)C(=O)O)c(=O)oc2c(C)c3occ(-c4ccc(Cl)cc4)c3cc12. The summed E-state index contributed by atoms with van der Waals surface area (Å²) < 4.78 is 11.5. The Morgan fingerprint density at radius 1 is 0.974 bits per heavy atom. The number of rotatable bonds is 7. The number of carbonyl (C=O) groups is 2. The Morgan fingerprint density at radius 2 is 1.68 bits per heavy atom. The first kappa shape index (κ1) is 25.3. The van der Waals surface area contributed by atoms with Crippen LogP contribution in [0, 0.1) is 13.8 Å². The van der Waals surface area contributed by atoms with Crippen molar-refractivity contribution in [1.82, 2.24) is 5.32 Å². The van der Waals surface area contributed by atoms with E-state index in [0.717, 1.165) is 22.1 Å². The molecule has 38 heavy (non-hydrogen) atoms. The molecule has 192 valence electrons. The fourth-order valence-corrected chi connectivity index (χ4v) is 4.84. The molecule has 0 saturated heterocycles. The number of benzene rings is 3. The molecule has 0 bridgehead atoms. The summed E-state index contributed by atoms with van der Waals surface area (Å²) in [5.74, 6) is -1.73. The number of furan rings is 1. The Labute approximate surface area is 222 Å². The van der Waals surface area contributed by atoms with E-state index in [1.165, 1.54) is 0 Å². The predicted molar refractivity (Wildman–Crippen MR) is 146 cm³/mol. The molecule has 0 aliphatic heterocycles. The number of carboxylic acid groups (broad SMARTS) is 1. The first-order chi connectivity index (χ1) is 18.2. The average Bonchev–Trinajstić information content (AvgIpc) is 3.32. The van der Waals surface area contributed by atoms with Crippen molar-refractivity contribution in [2.24, 2.45) is 0 Å². The average molecular weight is 530 g/mol. The van der Waals surface area contributed by atoms with Crippen molar-refractivity contribution >= 4 is 45.4 Å². The second-order valence-electron chi connectivity index (χ2n) is 9.23. The topological polar surface area (TPSA) is 110 Å². The minimum atomic E-state index is -1.16. The summed E-state index contributed by atoms with van der Waals surface area (Å²) in [5, 5.41) is 14.3. The fraction of sp³-hybridized carbons (Fsp3) is 0.167. The third kappa shape index (κ3) is 4.80. The molecule has 2 aromatic heterocycles. The summed E-state index contributed by atoms with van der Waals surface area (Å²) in [6.07, 6.45) is 1.47. The Hall–Kier alpha value is -4.36. The number of nitrogens with one attached hydrogen (secondary N) is 1. The first-order valence-electron chi connectivity index (χ1n) is 12.0. The number of hydrogen-bond donors (Lipinski definition) is 2. The molecule has 0 radical (unpaired) electrons. The number of hydrogen-bond acceptors (Lipinski definition) is 5. The van der Waals surface area contributed by atoms with Gasteiger partial charge in [-0.15, -0.1) is 0 Å². The van der Waals surface area contributed by atoms with Crippen molar-refractivity contribution in [2.75, 3.05) is 0 Å². The zero-order valence-corrected chi connectivity index (χ0v) is 21.5. The third-order valence-corrected chi connectivity index (χ3v) is 7.00. The zero-order valence-electron chi connectivity index (χ0n) is 20.7. The Kier molecular flexibility index (Phi) is 6.78. The smallest absolute Gasteiger partial charge is 0.340 e. The van der Waals surface area contributed by atoms with Crippen LogP contribution in [0.25, 0.3) is 33.1 Å². The lowest BCUT2D eigenvalue weighted by atomic mass is 9.97. The van der Waals surface area contributed by atoms with Crippen LogP contribution in [-0.4, -0.2) is 23.0 Å². The van der Waals surface area contributed by atoms with Crippen LogP contribution < -0.4 is 10.9 Å². The van der Waals surface area contributed by atoms with Gasteiger partial charge < -0.3 is 19.3 Å². The van der Waals surface area contributed by atoms with Gasteiger partial charge in [-0.1, -0.05) is 54.1 Å². The van der Waals surface area contributed by atoms with Crippen LogP contribution in [0.4, 0.5) is 0 Å². The molecular formula is C30H24ClNO6. The highest BCUT2D eigenvalue weighted by molar-refractivity contribution is 6.30. The first-order valence-corrected chi connectivity index (χ1v) is 12.4. The second-order valence-corrected chi connectivity index (χ2v) is 9.67. The number of halogens is 1. The van der Waals surface area contributed by atoms with Crippen LogP contribution >= 0.6 is 11.6 Å². The molecule has 0 saturated carbocycles. The van der Waals surface area contributed by atoms with Crippen molar-refractivity contribution in [2.45, 2.75) is 32.7 Å². The molecular weight excluding hydrogens is 506 g/mol. The molecule has 0 fully saturated rings. The Bertz CT molecular complexity index is 1740. The molecule has 7 nitrogen and oxygen atoms in total. The van der Waals surface area contributed by atoms with Crippen LogP contribution in [0.1, 0.15) is 22.3 Å². The van der Waals surface area contributed by atoms with Gasteiger partial charge in [0.05, 0.1) is 18.2 Å². The Morgan fingerprint density at radius 3 is 2.37 bits per heavy atom. The monoisotopic (exact) mass is 529 g/mol. The quantitative estimate of drug-likeness (QED) is 0.257. The van der Waals surface area contributed by atoms with Crippen molar-refractivity contribution in [1.29, 1.82) is 0 Å². The van der Waals surface area contributed by atoms with Gasteiger partial charge in [0.25, 0.3) is 0 Å². The van der Waals surface area contributed by atoms with Crippen LogP contribution in [-0.2, 0) is 22.4 Å². The lowest BCUT2D eigenvalue weighted by molar-refractivity contribution is -0.141. The van der Waals surface area contributed by atoms with Gasteiger partial charge >= 0.3 is 11.6 Å². The van der Waals surface area contributed by atoms with E-state index < -0.39 is 23.5 Å². The largest absolute Gasteiger partial charge is 0.480 e. The van der Waals surface area contributed by atoms with Crippen molar-refractivity contribution in [3.05, 3.63) is 105 Å². The van der Waals surface area contributed by atoms with Gasteiger partial charge in [0.15, 0.2) is 0 Å². The van der Waals surface area contributed by atoms with Crippen molar-refractivity contribution < 1.29 is 23.5 Å². The van der Waals surface area contributed by atoms with Gasteiger partial charge in [0, 0.05) is 33.3 Å². The van der Waals surface area contributed by atoms with Gasteiger partial charge in [-0.05, 0) is 48.7 Å². The van der Waals surface area contributed by atoms with E-state index >= 15 is 0 Å². The van der Waals surface area contributed by atoms with Crippen LogP contribution in [0.5, 0.6) is 0 Å². The molecule has 0 unspecified atom stereocenters. The fourth-order valence-electron chi connectivity index (χ4n) is 4.71. The zero-order chi connectivity index (χ0) is 27.0. The van der Waals surface area contributed by atoms with E-state index in [1.54, 1.807) is 49.6 Å². The highest BCUT2D eigenvalue weighted by Crippen LogP contribution is 2.37. The van der Waals surface area contributed by atoms with E-state index in [9.17, 15) is 19.5 Å². The summed E-state index contributed by atoms with van der Waals surface area (Å²) in [6.45, 7) is 3.57. The molecule has 2 N–H and O–H groups in total. The molecule has 0 aliphatic rings. The molecule has 5 aromatic rings. The molecule has 8 heteroatoms. The lowest BCUT2D eigenvalue weighted by Crippen LogP contribution is -2.43. The second kappa shape index (κ2) is 10.2. The van der Waals surface area contributed by atoms with E-state index in [4.69, 9.17) is 20.4 Å². The van der Waals surface area contributed by atoms with Gasteiger partial charge in [0.1, 0.15) is 17.2 Å². The van der Waals surface area contributed by atoms with Crippen LogP contribution in [0.2, 0.25) is 5.02 Å². The van der Waals surface area contributed by atoms with Crippen molar-refractivity contribution in [3.63, 3.8) is 0 Å². The molecule has 2 heterocycles. The van der Waals surface area contributed by atoms with Crippen LogP contribution in [0.3, 0.4) is 0 Å². The highest BCUT2D eigenvalue weighted by Gasteiger charge is 2.24. The van der Waals surface area contributed by atoms with Crippen LogP contribution in [0.15, 0.2) is 80.6 Å². The third-order valence-electron chi connectivity index (χ3n) is 6.75. The number of carbonyl (C=O) groups excluding carboxylic acids is 1. The summed E-state index contributed by atoms with van der Waals surface area (Å²) in [6, 6.07) is 17.2. The summed E-state index contributed by atoms with van der Waals surface area (Å²) in [7, 11) is 0. The predicted octanol–water partition coefficient (Wildman–Crippen LogP) is 5.83. The lowest BCUT2D eigenvalue weighted by Gasteiger charge is -2.15. The minimum absolute atomic E-state index is 0.123. The maximum atomic E-state index is 12.9. The highest BCUT2D eigenvalue weighted by atomic mass is 35.5. The molecule has 0 aliphatic carbocycles. The Balaban J connectivity index is 1.50. The van der Waals surface area contributed by atoms with E-state index in [0.29, 0.717) is 32.7 Å². The standard InChI is InChI=1S/C30H24ClNO6/c1-16-21-13-23-24(19-8-10-20(31)11-9-19)15-37-27(23)17(2)28(21)38-30(36)22(16)14-26(33)32-25(29(34)35)12-18-6-4-3-5-7-18/h3-11,13,15,25H,12,14H2,1-2H3,(H,32,33)(H,34,35)/t25-/m0/s1. The normalized spacial score (nSPS) is 12.1.